The van der Waals surface area contributed by atoms with Gasteiger partial charge in [-0.2, -0.15) is 4.73 Å². The Kier molecular flexibility index (Phi) is 4.53. The molecular formula is C11H19NO2. The van der Waals surface area contributed by atoms with Crippen LogP contribution < -0.4 is 4.84 Å². The van der Waals surface area contributed by atoms with E-state index in [0.29, 0.717) is 13.2 Å². The molecule has 0 atom stereocenters. The highest BCUT2D eigenvalue weighted by atomic mass is 16.7. The minimum Gasteiger partial charge on any atom is -0.411 e. The Bertz CT molecular complexity index is 249. The molecule has 0 amide bonds. The maximum absolute atomic E-state index is 5.55. The summed E-state index contributed by atoms with van der Waals surface area (Å²) < 4.78 is 7.17. The van der Waals surface area contributed by atoms with E-state index in [1.54, 1.807) is 0 Å². The lowest BCUT2D eigenvalue weighted by molar-refractivity contribution is 0.0348. The number of hydrogen-bond donors (Lipinski definition) is 0. The summed E-state index contributed by atoms with van der Waals surface area (Å²) >= 11 is 0. The molecule has 1 heterocycles. The second kappa shape index (κ2) is 5.70. The fourth-order valence-electron chi connectivity index (χ4n) is 1.29. The number of aromatic nitrogens is 1. The van der Waals surface area contributed by atoms with Gasteiger partial charge in [0.2, 0.25) is 0 Å². The van der Waals surface area contributed by atoms with Gasteiger partial charge >= 0.3 is 0 Å². The number of aryl methyl sites for hydroxylation is 2. The molecule has 0 bridgehead atoms. The van der Waals surface area contributed by atoms with Crippen LogP contribution in [0.15, 0.2) is 12.1 Å². The molecule has 80 valence electrons. The Labute approximate surface area is 85.6 Å². The van der Waals surface area contributed by atoms with E-state index in [1.165, 1.54) is 0 Å². The van der Waals surface area contributed by atoms with Crippen LogP contribution in [0.25, 0.3) is 0 Å². The molecule has 0 aliphatic carbocycles. The minimum absolute atomic E-state index is 0.607. The second-order valence-corrected chi connectivity index (χ2v) is 3.36. The summed E-state index contributed by atoms with van der Waals surface area (Å²) in [4.78, 5) is 5.55. The van der Waals surface area contributed by atoms with Crippen molar-refractivity contribution in [2.75, 3.05) is 19.8 Å². The van der Waals surface area contributed by atoms with Crippen molar-refractivity contribution in [3.63, 3.8) is 0 Å². The van der Waals surface area contributed by atoms with Gasteiger partial charge in [-0.3, -0.25) is 0 Å². The lowest BCUT2D eigenvalue weighted by Gasteiger charge is -2.11. The topological polar surface area (TPSA) is 23.4 Å². The molecule has 1 rings (SSSR count). The molecule has 3 nitrogen and oxygen atoms in total. The molecule has 0 saturated heterocycles. The first-order chi connectivity index (χ1) is 6.75. The Hall–Kier alpha value is -0.960. The van der Waals surface area contributed by atoms with Gasteiger partial charge in [0.1, 0.15) is 6.61 Å². The Balaban J connectivity index is 2.24. The van der Waals surface area contributed by atoms with Crippen LogP contribution in [0.3, 0.4) is 0 Å². The third-order valence-corrected chi connectivity index (χ3v) is 2.00. The maximum atomic E-state index is 5.55. The van der Waals surface area contributed by atoms with E-state index in [1.807, 2.05) is 30.7 Å². The van der Waals surface area contributed by atoms with Crippen molar-refractivity contribution in [2.45, 2.75) is 27.2 Å². The number of ether oxygens (including phenoxy) is 1. The molecule has 0 radical (unpaired) electrons. The zero-order valence-corrected chi connectivity index (χ0v) is 9.25. The van der Waals surface area contributed by atoms with Gasteiger partial charge in [-0.05, 0) is 32.4 Å². The van der Waals surface area contributed by atoms with Crippen molar-refractivity contribution in [1.29, 1.82) is 0 Å². The molecule has 0 saturated carbocycles. The van der Waals surface area contributed by atoms with Gasteiger partial charge in [-0.25, -0.2) is 0 Å². The molecule has 0 unspecified atom stereocenters. The quantitative estimate of drug-likeness (QED) is 0.651. The summed E-state index contributed by atoms with van der Waals surface area (Å²) in [6.07, 6.45) is 1.06. The zero-order chi connectivity index (χ0) is 10.4. The molecule has 0 spiro atoms. The van der Waals surface area contributed by atoms with Gasteiger partial charge in [0.15, 0.2) is 0 Å². The van der Waals surface area contributed by atoms with Crippen LogP contribution in [-0.2, 0) is 4.74 Å². The zero-order valence-electron chi connectivity index (χ0n) is 9.25. The Morgan fingerprint density at radius 1 is 1.07 bits per heavy atom. The molecule has 0 aliphatic rings. The highest BCUT2D eigenvalue weighted by Gasteiger charge is 2.00. The maximum Gasteiger partial charge on any atom is 0.138 e. The predicted molar refractivity (Wildman–Crippen MR) is 56.5 cm³/mol. The van der Waals surface area contributed by atoms with E-state index in [0.717, 1.165) is 24.4 Å². The molecule has 0 aliphatic heterocycles. The van der Waals surface area contributed by atoms with Gasteiger partial charge in [-0.1, -0.05) is 6.92 Å². The number of hydrogen-bond acceptors (Lipinski definition) is 2. The predicted octanol–water partition coefficient (Wildman–Crippen LogP) is 1.96. The molecule has 0 N–H and O–H groups in total. The number of rotatable bonds is 6. The van der Waals surface area contributed by atoms with Crippen LogP contribution >= 0.6 is 0 Å². The van der Waals surface area contributed by atoms with Gasteiger partial charge in [0.05, 0.1) is 18.0 Å². The van der Waals surface area contributed by atoms with Gasteiger partial charge < -0.3 is 9.57 Å². The van der Waals surface area contributed by atoms with E-state index in [9.17, 15) is 0 Å². The summed E-state index contributed by atoms with van der Waals surface area (Å²) in [6.45, 7) is 8.23. The summed E-state index contributed by atoms with van der Waals surface area (Å²) in [7, 11) is 0. The Morgan fingerprint density at radius 2 is 1.71 bits per heavy atom. The van der Waals surface area contributed by atoms with Crippen LogP contribution in [0.2, 0.25) is 0 Å². The fourth-order valence-corrected chi connectivity index (χ4v) is 1.29. The van der Waals surface area contributed by atoms with Crippen LogP contribution in [0, 0.1) is 13.8 Å². The lowest BCUT2D eigenvalue weighted by Crippen LogP contribution is -2.19. The first-order valence-corrected chi connectivity index (χ1v) is 5.11. The summed E-state index contributed by atoms with van der Waals surface area (Å²) in [5.74, 6) is 0. The van der Waals surface area contributed by atoms with Crippen molar-refractivity contribution < 1.29 is 9.57 Å². The van der Waals surface area contributed by atoms with E-state index in [4.69, 9.17) is 9.57 Å². The second-order valence-electron chi connectivity index (χ2n) is 3.36. The normalized spacial score (nSPS) is 10.5. The highest BCUT2D eigenvalue weighted by Crippen LogP contribution is 2.03. The standard InChI is InChI=1S/C11H19NO2/c1-4-7-13-8-9-14-12-10(2)5-6-11(12)3/h5-6H,4,7-9H2,1-3H3. The van der Waals surface area contributed by atoms with Gasteiger partial charge in [0.25, 0.3) is 0 Å². The molecular weight excluding hydrogens is 178 g/mol. The summed E-state index contributed by atoms with van der Waals surface area (Å²) in [6, 6.07) is 4.09. The van der Waals surface area contributed by atoms with E-state index < -0.39 is 0 Å². The SMILES string of the molecule is CCCOCCOn1c(C)ccc1C. The molecule has 14 heavy (non-hydrogen) atoms. The van der Waals surface area contributed by atoms with Crippen molar-refractivity contribution in [1.82, 2.24) is 4.73 Å². The third kappa shape index (κ3) is 3.07. The molecule has 0 aromatic carbocycles. The van der Waals surface area contributed by atoms with Crippen LogP contribution in [0.4, 0.5) is 0 Å². The molecule has 3 heteroatoms. The summed E-state index contributed by atoms with van der Waals surface area (Å²) in [5.41, 5.74) is 2.25. The average molecular weight is 197 g/mol. The van der Waals surface area contributed by atoms with Crippen molar-refractivity contribution in [3.05, 3.63) is 23.5 Å². The minimum atomic E-state index is 0.607. The third-order valence-electron chi connectivity index (χ3n) is 2.00. The fraction of sp³-hybridized carbons (Fsp3) is 0.636. The van der Waals surface area contributed by atoms with Crippen molar-refractivity contribution in [2.24, 2.45) is 0 Å². The van der Waals surface area contributed by atoms with E-state index in [2.05, 4.69) is 6.92 Å². The van der Waals surface area contributed by atoms with Gasteiger partial charge in [-0.15, -0.1) is 0 Å². The monoisotopic (exact) mass is 197 g/mol. The first kappa shape index (κ1) is 11.1. The molecule has 0 fully saturated rings. The molecule has 1 aromatic heterocycles. The van der Waals surface area contributed by atoms with E-state index >= 15 is 0 Å². The average Bonchev–Trinajstić information content (AvgIpc) is 2.48. The van der Waals surface area contributed by atoms with Crippen molar-refractivity contribution in [3.8, 4) is 0 Å². The van der Waals surface area contributed by atoms with Gasteiger partial charge in [0, 0.05) is 6.61 Å². The van der Waals surface area contributed by atoms with Crippen LogP contribution in [-0.4, -0.2) is 24.6 Å². The van der Waals surface area contributed by atoms with E-state index in [-0.39, 0.29) is 0 Å². The first-order valence-electron chi connectivity index (χ1n) is 5.11. The molecule has 1 aromatic rings. The summed E-state index contributed by atoms with van der Waals surface area (Å²) in [5, 5.41) is 0. The number of nitrogens with zero attached hydrogens (tertiary/aromatic N) is 1. The highest BCUT2D eigenvalue weighted by molar-refractivity contribution is 5.11. The smallest absolute Gasteiger partial charge is 0.138 e. The van der Waals surface area contributed by atoms with Crippen LogP contribution in [0.1, 0.15) is 24.7 Å². The largest absolute Gasteiger partial charge is 0.411 e. The van der Waals surface area contributed by atoms with Crippen molar-refractivity contribution >= 4 is 0 Å². The lowest BCUT2D eigenvalue weighted by atomic mass is 10.5. The van der Waals surface area contributed by atoms with Crippen LogP contribution in [0.5, 0.6) is 0 Å². The Morgan fingerprint density at radius 3 is 2.29 bits per heavy atom.